The van der Waals surface area contributed by atoms with E-state index in [-0.39, 0.29) is 19.2 Å². The third-order valence-electron chi connectivity index (χ3n) is 4.65. The van der Waals surface area contributed by atoms with E-state index in [4.69, 9.17) is 5.26 Å². The lowest BCUT2D eigenvalue weighted by Crippen LogP contribution is -2.27. The predicted molar refractivity (Wildman–Crippen MR) is 111 cm³/mol. The van der Waals surface area contributed by atoms with Crippen molar-refractivity contribution in [1.82, 2.24) is 19.5 Å². The SMILES string of the molecule is N#CCn1cnc(C[C@@H](CO)Nc2nccc(-c3ccc4ccccc4c3)n2)c1. The van der Waals surface area contributed by atoms with Crippen molar-refractivity contribution in [2.75, 3.05) is 11.9 Å². The fraction of sp³-hybridized carbons (Fsp3) is 0.182. The zero-order valence-corrected chi connectivity index (χ0v) is 15.7. The molecule has 0 aliphatic rings. The number of fused-ring (bicyclic) bond motifs is 1. The minimum absolute atomic E-state index is 0.0886. The fourth-order valence-corrected chi connectivity index (χ4v) is 3.21. The zero-order chi connectivity index (χ0) is 20.1. The molecule has 2 heterocycles. The molecular weight excluding hydrogens is 364 g/mol. The van der Waals surface area contributed by atoms with Crippen molar-refractivity contribution in [2.24, 2.45) is 0 Å². The van der Waals surface area contributed by atoms with E-state index in [0.717, 1.165) is 22.3 Å². The number of aliphatic hydroxyl groups excluding tert-OH is 1. The first-order valence-electron chi connectivity index (χ1n) is 9.32. The molecule has 144 valence electrons. The van der Waals surface area contributed by atoms with Crippen LogP contribution in [-0.2, 0) is 13.0 Å². The van der Waals surface area contributed by atoms with Crippen LogP contribution in [0.4, 0.5) is 5.95 Å². The molecule has 0 radical (unpaired) electrons. The molecule has 7 heteroatoms. The molecule has 0 aliphatic heterocycles. The van der Waals surface area contributed by atoms with Crippen molar-refractivity contribution in [3.63, 3.8) is 0 Å². The number of nitriles is 1. The summed E-state index contributed by atoms with van der Waals surface area (Å²) < 4.78 is 1.71. The standard InChI is InChI=1S/C22H20N6O/c23-8-10-28-13-19(25-15-28)12-20(14-29)26-22-24-9-7-21(27-22)18-6-5-16-3-1-2-4-17(16)11-18/h1-7,9,11,13,15,20,29H,10,12,14H2,(H,24,26,27)/t20-/m0/s1. The Balaban J connectivity index is 1.51. The molecule has 2 aromatic carbocycles. The van der Waals surface area contributed by atoms with E-state index in [1.807, 2.05) is 24.3 Å². The van der Waals surface area contributed by atoms with Crippen LogP contribution in [0.15, 0.2) is 67.3 Å². The monoisotopic (exact) mass is 384 g/mol. The summed E-state index contributed by atoms with van der Waals surface area (Å²) in [6.45, 7) is 0.163. The van der Waals surface area contributed by atoms with Crippen LogP contribution in [-0.4, -0.2) is 37.3 Å². The molecule has 29 heavy (non-hydrogen) atoms. The van der Waals surface area contributed by atoms with E-state index >= 15 is 0 Å². The summed E-state index contributed by atoms with van der Waals surface area (Å²) in [5, 5.41) is 24.0. The van der Waals surface area contributed by atoms with Crippen molar-refractivity contribution in [3.05, 3.63) is 72.9 Å². The van der Waals surface area contributed by atoms with Crippen LogP contribution in [0.25, 0.3) is 22.0 Å². The number of nitrogens with one attached hydrogen (secondary N) is 1. The third kappa shape index (κ3) is 4.39. The van der Waals surface area contributed by atoms with Gasteiger partial charge in [0.1, 0.15) is 6.54 Å². The Kier molecular flexibility index (Phi) is 5.45. The molecule has 7 nitrogen and oxygen atoms in total. The summed E-state index contributed by atoms with van der Waals surface area (Å²) in [5.41, 5.74) is 2.60. The summed E-state index contributed by atoms with van der Waals surface area (Å²) >= 11 is 0. The second-order valence-electron chi connectivity index (χ2n) is 6.75. The fourth-order valence-electron chi connectivity index (χ4n) is 3.21. The van der Waals surface area contributed by atoms with Gasteiger partial charge in [-0.1, -0.05) is 36.4 Å². The molecule has 0 aliphatic carbocycles. The molecule has 0 unspecified atom stereocenters. The van der Waals surface area contributed by atoms with Gasteiger partial charge in [0.25, 0.3) is 0 Å². The first kappa shape index (κ1) is 18.6. The van der Waals surface area contributed by atoms with Crippen LogP contribution in [0.5, 0.6) is 0 Å². The summed E-state index contributed by atoms with van der Waals surface area (Å²) in [5.74, 6) is 0.450. The summed E-state index contributed by atoms with van der Waals surface area (Å²) in [6, 6.07) is 18.1. The van der Waals surface area contributed by atoms with Gasteiger partial charge in [0.15, 0.2) is 0 Å². The second kappa shape index (κ2) is 8.50. The average molecular weight is 384 g/mol. The first-order valence-corrected chi connectivity index (χ1v) is 9.32. The maximum absolute atomic E-state index is 9.76. The number of rotatable bonds is 7. The van der Waals surface area contributed by atoms with E-state index < -0.39 is 0 Å². The quantitative estimate of drug-likeness (QED) is 0.508. The van der Waals surface area contributed by atoms with Gasteiger partial charge in [-0.25, -0.2) is 15.0 Å². The molecule has 0 amide bonds. The maximum atomic E-state index is 9.76. The molecular formula is C22H20N6O. The minimum Gasteiger partial charge on any atom is -0.394 e. The average Bonchev–Trinajstić information content (AvgIpc) is 3.20. The lowest BCUT2D eigenvalue weighted by molar-refractivity contribution is 0.272. The van der Waals surface area contributed by atoms with Gasteiger partial charge in [0.05, 0.1) is 36.4 Å². The van der Waals surface area contributed by atoms with E-state index in [1.54, 1.807) is 23.3 Å². The molecule has 0 saturated carbocycles. The highest BCUT2D eigenvalue weighted by Gasteiger charge is 2.13. The number of hydrogen-bond donors (Lipinski definition) is 2. The molecule has 0 fully saturated rings. The van der Waals surface area contributed by atoms with Gasteiger partial charge >= 0.3 is 0 Å². The van der Waals surface area contributed by atoms with Crippen LogP contribution >= 0.6 is 0 Å². The van der Waals surface area contributed by atoms with E-state index in [0.29, 0.717) is 12.4 Å². The Morgan fingerprint density at radius 2 is 1.97 bits per heavy atom. The van der Waals surface area contributed by atoms with Crippen LogP contribution in [0.1, 0.15) is 5.69 Å². The Labute approximate surface area is 168 Å². The van der Waals surface area contributed by atoms with Gasteiger partial charge in [-0.05, 0) is 22.9 Å². The molecule has 0 spiro atoms. The van der Waals surface area contributed by atoms with Crippen LogP contribution in [0.3, 0.4) is 0 Å². The van der Waals surface area contributed by atoms with Gasteiger partial charge in [-0.2, -0.15) is 5.26 Å². The van der Waals surface area contributed by atoms with Gasteiger partial charge in [0, 0.05) is 24.4 Å². The van der Waals surface area contributed by atoms with Crippen LogP contribution in [0, 0.1) is 11.3 Å². The van der Waals surface area contributed by atoms with Crippen molar-refractivity contribution in [1.29, 1.82) is 5.26 Å². The van der Waals surface area contributed by atoms with E-state index in [9.17, 15) is 5.11 Å². The third-order valence-corrected chi connectivity index (χ3v) is 4.65. The first-order chi connectivity index (χ1) is 14.2. The lowest BCUT2D eigenvalue weighted by atomic mass is 10.1. The number of benzene rings is 2. The smallest absolute Gasteiger partial charge is 0.223 e. The number of hydrogen-bond acceptors (Lipinski definition) is 6. The number of imidazole rings is 1. The number of aliphatic hydroxyl groups is 1. The lowest BCUT2D eigenvalue weighted by Gasteiger charge is -2.15. The highest BCUT2D eigenvalue weighted by atomic mass is 16.3. The van der Waals surface area contributed by atoms with Crippen molar-refractivity contribution >= 4 is 16.7 Å². The van der Waals surface area contributed by atoms with Gasteiger partial charge in [-0.15, -0.1) is 0 Å². The largest absolute Gasteiger partial charge is 0.394 e. The summed E-state index contributed by atoms with van der Waals surface area (Å²) in [4.78, 5) is 13.2. The maximum Gasteiger partial charge on any atom is 0.223 e. The molecule has 4 aromatic rings. The van der Waals surface area contributed by atoms with E-state index in [1.165, 1.54) is 5.39 Å². The van der Waals surface area contributed by atoms with Crippen molar-refractivity contribution < 1.29 is 5.11 Å². The zero-order valence-electron chi connectivity index (χ0n) is 15.7. The predicted octanol–water partition coefficient (Wildman–Crippen LogP) is 3.03. The molecule has 0 saturated heterocycles. The van der Waals surface area contributed by atoms with E-state index in [2.05, 4.69) is 50.6 Å². The Hall–Kier alpha value is -3.76. The topological polar surface area (TPSA) is 99.7 Å². The number of aromatic nitrogens is 4. The second-order valence-corrected chi connectivity index (χ2v) is 6.75. The Morgan fingerprint density at radius 1 is 1.10 bits per heavy atom. The number of anilines is 1. The molecule has 0 bridgehead atoms. The molecule has 1 atom stereocenters. The van der Waals surface area contributed by atoms with Crippen LogP contribution in [0.2, 0.25) is 0 Å². The summed E-state index contributed by atoms with van der Waals surface area (Å²) in [6.07, 6.45) is 5.62. The summed E-state index contributed by atoms with van der Waals surface area (Å²) in [7, 11) is 0. The molecule has 2 aromatic heterocycles. The molecule has 4 rings (SSSR count). The van der Waals surface area contributed by atoms with Crippen molar-refractivity contribution in [2.45, 2.75) is 19.0 Å². The highest BCUT2D eigenvalue weighted by molar-refractivity contribution is 5.86. The van der Waals surface area contributed by atoms with Gasteiger partial charge in [0.2, 0.25) is 5.95 Å². The van der Waals surface area contributed by atoms with Crippen LogP contribution < -0.4 is 5.32 Å². The van der Waals surface area contributed by atoms with Gasteiger partial charge < -0.3 is 15.0 Å². The minimum atomic E-state index is -0.285. The highest BCUT2D eigenvalue weighted by Crippen LogP contribution is 2.23. The Morgan fingerprint density at radius 3 is 2.79 bits per heavy atom. The number of nitrogens with zero attached hydrogens (tertiary/aromatic N) is 5. The normalized spacial score (nSPS) is 11.9. The Bertz CT molecular complexity index is 1160. The molecule has 2 N–H and O–H groups in total. The van der Waals surface area contributed by atoms with Gasteiger partial charge in [-0.3, -0.25) is 0 Å². The van der Waals surface area contributed by atoms with Crippen molar-refractivity contribution in [3.8, 4) is 17.3 Å².